The first-order valence-corrected chi connectivity index (χ1v) is 4.59. The third-order valence-electron chi connectivity index (χ3n) is 1.52. The van der Waals surface area contributed by atoms with Crippen LogP contribution >= 0.6 is 11.3 Å². The molecule has 4 N–H and O–H groups in total. The van der Waals surface area contributed by atoms with E-state index < -0.39 is 0 Å². The van der Waals surface area contributed by atoms with E-state index in [-0.39, 0.29) is 0 Å². The molecule has 2 rings (SSSR count). The molecule has 0 amide bonds. The molecule has 0 radical (unpaired) electrons. The minimum atomic E-state index is 0.712. The summed E-state index contributed by atoms with van der Waals surface area (Å²) in [6.07, 6.45) is 5.25. The number of rotatable bonds is 3. The number of hydrogen-bond acceptors (Lipinski definition) is 5. The molecule has 68 valence electrons. The van der Waals surface area contributed by atoms with Crippen LogP contribution in [0.3, 0.4) is 0 Å². The van der Waals surface area contributed by atoms with E-state index in [4.69, 9.17) is 5.73 Å². The topological polar surface area (TPSA) is 79.6 Å². The number of nitrogen functional groups attached to an aromatic ring is 1. The second kappa shape index (κ2) is 3.44. The van der Waals surface area contributed by atoms with Gasteiger partial charge in [-0.2, -0.15) is 5.10 Å². The van der Waals surface area contributed by atoms with Crippen molar-refractivity contribution in [2.75, 3.05) is 11.1 Å². The van der Waals surface area contributed by atoms with Crippen molar-refractivity contribution >= 4 is 21.5 Å². The van der Waals surface area contributed by atoms with Crippen molar-refractivity contribution in [2.45, 2.75) is 6.54 Å². The molecule has 2 heterocycles. The minimum absolute atomic E-state index is 0.712. The number of hydrogen-bond donors (Lipinski definition) is 3. The Bertz CT molecular complexity index is 366. The standard InChI is InChI=1S/C7H9N5S/c8-6-4-10-7(13-6)9-1-5-2-11-12-3-5/h2-4H,1,8H2,(H,9,10)(H,11,12). The molecule has 0 atom stereocenters. The lowest BCUT2D eigenvalue weighted by atomic mass is 10.4. The van der Waals surface area contributed by atoms with E-state index in [2.05, 4.69) is 20.5 Å². The van der Waals surface area contributed by atoms with Crippen molar-refractivity contribution in [3.05, 3.63) is 24.2 Å². The molecule has 0 aliphatic heterocycles. The summed E-state index contributed by atoms with van der Waals surface area (Å²) in [4.78, 5) is 4.07. The Kier molecular flexibility index (Phi) is 2.13. The molecule has 0 fully saturated rings. The van der Waals surface area contributed by atoms with Crippen molar-refractivity contribution in [3.63, 3.8) is 0 Å². The Balaban J connectivity index is 1.93. The van der Waals surface area contributed by atoms with Gasteiger partial charge < -0.3 is 11.1 Å². The molecule has 5 nitrogen and oxygen atoms in total. The van der Waals surface area contributed by atoms with Crippen LogP contribution in [-0.2, 0) is 6.54 Å². The molecule has 0 saturated heterocycles. The van der Waals surface area contributed by atoms with E-state index in [1.54, 1.807) is 12.4 Å². The molecular formula is C7H9N5S. The van der Waals surface area contributed by atoms with Gasteiger partial charge in [-0.05, 0) is 0 Å². The van der Waals surface area contributed by atoms with E-state index in [9.17, 15) is 0 Å². The van der Waals surface area contributed by atoms with Crippen LogP contribution in [0.1, 0.15) is 5.56 Å². The SMILES string of the molecule is Nc1cnc(NCc2cn[nH]c2)s1. The van der Waals surface area contributed by atoms with Crippen LogP contribution in [0, 0.1) is 0 Å². The third-order valence-corrected chi connectivity index (χ3v) is 2.31. The van der Waals surface area contributed by atoms with Gasteiger partial charge >= 0.3 is 0 Å². The Labute approximate surface area is 79.0 Å². The Morgan fingerprint density at radius 3 is 3.08 bits per heavy atom. The summed E-state index contributed by atoms with van der Waals surface area (Å²) in [5.74, 6) is 0. The molecule has 0 unspecified atom stereocenters. The van der Waals surface area contributed by atoms with Crippen molar-refractivity contribution in [1.82, 2.24) is 15.2 Å². The van der Waals surface area contributed by atoms with Gasteiger partial charge in [0.15, 0.2) is 5.13 Å². The first-order valence-electron chi connectivity index (χ1n) is 3.77. The molecule has 0 aromatic carbocycles. The fraction of sp³-hybridized carbons (Fsp3) is 0.143. The van der Waals surface area contributed by atoms with Gasteiger partial charge in [0.05, 0.1) is 12.4 Å². The predicted molar refractivity (Wildman–Crippen MR) is 52.4 cm³/mol. The molecule has 6 heteroatoms. The van der Waals surface area contributed by atoms with E-state index in [1.165, 1.54) is 11.3 Å². The maximum absolute atomic E-state index is 5.53. The average molecular weight is 195 g/mol. The van der Waals surface area contributed by atoms with Crippen LogP contribution in [0.4, 0.5) is 10.1 Å². The smallest absolute Gasteiger partial charge is 0.184 e. The number of nitrogens with one attached hydrogen (secondary N) is 2. The number of thiazole rings is 1. The molecule has 0 bridgehead atoms. The normalized spacial score (nSPS) is 10.2. The zero-order chi connectivity index (χ0) is 9.10. The number of aromatic nitrogens is 3. The quantitative estimate of drug-likeness (QED) is 0.684. The van der Waals surface area contributed by atoms with Crippen LogP contribution in [0.25, 0.3) is 0 Å². The molecule has 0 aliphatic carbocycles. The zero-order valence-corrected chi connectivity index (χ0v) is 7.64. The summed E-state index contributed by atoms with van der Waals surface area (Å²) in [6.45, 7) is 0.712. The Hall–Kier alpha value is -1.56. The van der Waals surface area contributed by atoms with E-state index in [1.807, 2.05) is 6.20 Å². The predicted octanol–water partition coefficient (Wildman–Crippen LogP) is 1.06. The lowest BCUT2D eigenvalue weighted by molar-refractivity contribution is 1.09. The van der Waals surface area contributed by atoms with Gasteiger partial charge in [-0.3, -0.25) is 5.10 Å². The summed E-state index contributed by atoms with van der Waals surface area (Å²) < 4.78 is 0. The zero-order valence-electron chi connectivity index (χ0n) is 6.82. The van der Waals surface area contributed by atoms with Crippen molar-refractivity contribution in [3.8, 4) is 0 Å². The monoisotopic (exact) mass is 195 g/mol. The van der Waals surface area contributed by atoms with Gasteiger partial charge in [-0.25, -0.2) is 4.98 Å². The van der Waals surface area contributed by atoms with Crippen LogP contribution in [0.2, 0.25) is 0 Å². The van der Waals surface area contributed by atoms with E-state index in [0.717, 1.165) is 15.7 Å². The molecular weight excluding hydrogens is 186 g/mol. The van der Waals surface area contributed by atoms with Crippen LogP contribution < -0.4 is 11.1 Å². The van der Waals surface area contributed by atoms with Gasteiger partial charge in [0, 0.05) is 18.3 Å². The number of aromatic amines is 1. The molecule has 2 aromatic rings. The maximum Gasteiger partial charge on any atom is 0.184 e. The number of anilines is 2. The molecule has 13 heavy (non-hydrogen) atoms. The number of nitrogens with zero attached hydrogens (tertiary/aromatic N) is 2. The van der Waals surface area contributed by atoms with E-state index >= 15 is 0 Å². The Morgan fingerprint density at radius 2 is 2.46 bits per heavy atom. The summed E-state index contributed by atoms with van der Waals surface area (Å²) in [5, 5.41) is 11.3. The van der Waals surface area contributed by atoms with Crippen molar-refractivity contribution in [1.29, 1.82) is 0 Å². The average Bonchev–Trinajstić information content (AvgIpc) is 2.71. The van der Waals surface area contributed by atoms with E-state index in [0.29, 0.717) is 6.54 Å². The highest BCUT2D eigenvalue weighted by atomic mass is 32.1. The van der Waals surface area contributed by atoms with Crippen LogP contribution in [-0.4, -0.2) is 15.2 Å². The van der Waals surface area contributed by atoms with Crippen LogP contribution in [0.5, 0.6) is 0 Å². The van der Waals surface area contributed by atoms with Gasteiger partial charge in [0.2, 0.25) is 0 Å². The first-order chi connectivity index (χ1) is 6.34. The Morgan fingerprint density at radius 1 is 1.54 bits per heavy atom. The fourth-order valence-corrected chi connectivity index (χ4v) is 1.50. The van der Waals surface area contributed by atoms with Crippen molar-refractivity contribution < 1.29 is 0 Å². The highest BCUT2D eigenvalue weighted by Crippen LogP contribution is 2.19. The van der Waals surface area contributed by atoms with Gasteiger partial charge in [0.1, 0.15) is 5.00 Å². The van der Waals surface area contributed by atoms with Crippen LogP contribution in [0.15, 0.2) is 18.6 Å². The van der Waals surface area contributed by atoms with Gasteiger partial charge in [0.25, 0.3) is 0 Å². The molecule has 0 aliphatic rings. The van der Waals surface area contributed by atoms with Gasteiger partial charge in [-0.15, -0.1) is 0 Å². The fourth-order valence-electron chi connectivity index (χ4n) is 0.920. The van der Waals surface area contributed by atoms with Gasteiger partial charge in [-0.1, -0.05) is 11.3 Å². The largest absolute Gasteiger partial charge is 0.389 e. The summed E-state index contributed by atoms with van der Waals surface area (Å²) >= 11 is 1.43. The first kappa shape index (κ1) is 8.06. The third kappa shape index (κ3) is 1.97. The summed E-state index contributed by atoms with van der Waals surface area (Å²) in [7, 11) is 0. The van der Waals surface area contributed by atoms with Crippen molar-refractivity contribution in [2.24, 2.45) is 0 Å². The number of nitrogens with two attached hydrogens (primary N) is 1. The maximum atomic E-state index is 5.53. The number of H-pyrrole nitrogens is 1. The molecule has 0 saturated carbocycles. The lowest BCUT2D eigenvalue weighted by Crippen LogP contribution is -1.96. The second-order valence-corrected chi connectivity index (χ2v) is 3.59. The highest BCUT2D eigenvalue weighted by Gasteiger charge is 1.98. The minimum Gasteiger partial charge on any atom is -0.389 e. The molecule has 0 spiro atoms. The molecule has 2 aromatic heterocycles. The lowest BCUT2D eigenvalue weighted by Gasteiger charge is -1.97. The summed E-state index contributed by atoms with van der Waals surface area (Å²) in [6, 6.07) is 0. The summed E-state index contributed by atoms with van der Waals surface area (Å²) in [5.41, 5.74) is 6.62. The highest BCUT2D eigenvalue weighted by molar-refractivity contribution is 7.19. The second-order valence-electron chi connectivity index (χ2n) is 2.53.